The number of hydrogen-bond acceptors (Lipinski definition) is 5. The van der Waals surface area contributed by atoms with Crippen LogP contribution in [0.5, 0.6) is 0 Å². The molecule has 1 fully saturated rings. The SMILES string of the molecule is O=[N+]([O-])c1cc(S(=O)(=O)N2CCCCC2)ccc1NCc1ccc(Cl)cc1. The zero-order valence-corrected chi connectivity index (χ0v) is 16.2. The third-order valence-corrected chi connectivity index (χ3v) is 6.66. The molecule has 0 spiro atoms. The van der Waals surface area contributed by atoms with Crippen LogP contribution in [-0.2, 0) is 16.6 Å². The molecule has 2 aromatic rings. The standard InChI is InChI=1S/C18H20ClN3O4S/c19-15-6-4-14(5-7-15)13-20-17-9-8-16(12-18(17)22(23)24)27(25,26)21-10-2-1-3-11-21/h4-9,12,20H,1-3,10-11,13H2. The Hall–Kier alpha value is -2.16. The molecule has 0 bridgehead atoms. The number of sulfonamides is 1. The van der Waals surface area contributed by atoms with Gasteiger partial charge in [0.15, 0.2) is 0 Å². The summed E-state index contributed by atoms with van der Waals surface area (Å²) in [5.41, 5.74) is 0.910. The van der Waals surface area contributed by atoms with Gasteiger partial charge in [-0.1, -0.05) is 30.2 Å². The summed E-state index contributed by atoms with van der Waals surface area (Å²) < 4.78 is 26.9. The second-order valence-electron chi connectivity index (χ2n) is 6.38. The van der Waals surface area contributed by atoms with Crippen LogP contribution < -0.4 is 5.32 Å². The second-order valence-corrected chi connectivity index (χ2v) is 8.76. The molecule has 1 heterocycles. The summed E-state index contributed by atoms with van der Waals surface area (Å²) in [6, 6.07) is 11.1. The molecule has 27 heavy (non-hydrogen) atoms. The number of nitrogens with one attached hydrogen (secondary N) is 1. The summed E-state index contributed by atoms with van der Waals surface area (Å²) in [5.74, 6) is 0. The molecule has 1 aliphatic rings. The van der Waals surface area contributed by atoms with Crippen LogP contribution in [0.4, 0.5) is 11.4 Å². The van der Waals surface area contributed by atoms with Crippen LogP contribution in [-0.4, -0.2) is 30.7 Å². The first-order valence-electron chi connectivity index (χ1n) is 8.65. The Balaban J connectivity index is 1.84. The summed E-state index contributed by atoms with van der Waals surface area (Å²) in [5, 5.41) is 15.1. The van der Waals surface area contributed by atoms with E-state index >= 15 is 0 Å². The molecule has 1 aliphatic heterocycles. The molecule has 1 N–H and O–H groups in total. The number of nitro groups is 1. The Kier molecular flexibility index (Phi) is 5.98. The van der Waals surface area contributed by atoms with Crippen molar-refractivity contribution in [2.75, 3.05) is 18.4 Å². The van der Waals surface area contributed by atoms with Gasteiger partial charge in [-0.25, -0.2) is 8.42 Å². The Labute approximate surface area is 163 Å². The number of nitrogens with zero attached hydrogens (tertiary/aromatic N) is 2. The van der Waals surface area contributed by atoms with Crippen molar-refractivity contribution in [3.8, 4) is 0 Å². The Morgan fingerprint density at radius 1 is 1.07 bits per heavy atom. The fourth-order valence-corrected chi connectivity index (χ4v) is 4.69. The normalized spacial score (nSPS) is 15.4. The molecule has 0 radical (unpaired) electrons. The van der Waals surface area contributed by atoms with Crippen molar-refractivity contribution in [3.63, 3.8) is 0 Å². The molecular weight excluding hydrogens is 390 g/mol. The minimum atomic E-state index is -3.72. The highest BCUT2D eigenvalue weighted by molar-refractivity contribution is 7.89. The average molecular weight is 410 g/mol. The van der Waals surface area contributed by atoms with E-state index in [9.17, 15) is 18.5 Å². The first-order valence-corrected chi connectivity index (χ1v) is 10.5. The Morgan fingerprint density at radius 3 is 2.37 bits per heavy atom. The molecule has 9 heteroatoms. The van der Waals surface area contributed by atoms with E-state index in [1.54, 1.807) is 12.1 Å². The van der Waals surface area contributed by atoms with Crippen LogP contribution in [0, 0.1) is 10.1 Å². The minimum Gasteiger partial charge on any atom is -0.375 e. The highest BCUT2D eigenvalue weighted by atomic mass is 35.5. The van der Waals surface area contributed by atoms with E-state index < -0.39 is 14.9 Å². The second kappa shape index (κ2) is 8.24. The number of nitro benzene ring substituents is 1. The zero-order chi connectivity index (χ0) is 19.4. The summed E-state index contributed by atoms with van der Waals surface area (Å²) in [7, 11) is -3.72. The van der Waals surface area contributed by atoms with Gasteiger partial charge in [-0.3, -0.25) is 10.1 Å². The monoisotopic (exact) mass is 409 g/mol. The van der Waals surface area contributed by atoms with Crippen molar-refractivity contribution in [1.29, 1.82) is 0 Å². The van der Waals surface area contributed by atoms with Crippen LogP contribution in [0.2, 0.25) is 5.02 Å². The van der Waals surface area contributed by atoms with Gasteiger partial charge in [-0.15, -0.1) is 0 Å². The molecule has 7 nitrogen and oxygen atoms in total. The summed E-state index contributed by atoms with van der Waals surface area (Å²) >= 11 is 5.85. The van der Waals surface area contributed by atoms with E-state index in [1.165, 1.54) is 16.4 Å². The maximum Gasteiger partial charge on any atom is 0.293 e. The zero-order valence-electron chi connectivity index (χ0n) is 14.6. The van der Waals surface area contributed by atoms with Crippen molar-refractivity contribution in [1.82, 2.24) is 4.31 Å². The van der Waals surface area contributed by atoms with E-state index in [4.69, 9.17) is 11.6 Å². The predicted molar refractivity (Wildman–Crippen MR) is 104 cm³/mol. The number of benzene rings is 2. The first-order chi connectivity index (χ1) is 12.9. The highest BCUT2D eigenvalue weighted by Crippen LogP contribution is 2.30. The average Bonchev–Trinajstić information content (AvgIpc) is 2.68. The lowest BCUT2D eigenvalue weighted by Gasteiger charge is -2.25. The van der Waals surface area contributed by atoms with Gasteiger partial charge in [-0.2, -0.15) is 4.31 Å². The van der Waals surface area contributed by atoms with E-state index in [1.807, 2.05) is 12.1 Å². The lowest BCUT2D eigenvalue weighted by Crippen LogP contribution is -2.35. The number of halogens is 1. The molecule has 0 aromatic heterocycles. The predicted octanol–water partition coefficient (Wildman–Crippen LogP) is 4.03. The number of rotatable bonds is 6. The van der Waals surface area contributed by atoms with Crippen LogP contribution in [0.3, 0.4) is 0 Å². The number of hydrogen-bond donors (Lipinski definition) is 1. The minimum absolute atomic E-state index is 0.0480. The molecule has 0 saturated carbocycles. The third kappa shape index (κ3) is 4.58. The maximum atomic E-state index is 12.8. The molecule has 0 unspecified atom stereocenters. The van der Waals surface area contributed by atoms with E-state index in [0.29, 0.717) is 24.7 Å². The highest BCUT2D eigenvalue weighted by Gasteiger charge is 2.28. The summed E-state index contributed by atoms with van der Waals surface area (Å²) in [6.45, 7) is 1.26. The van der Waals surface area contributed by atoms with Crippen molar-refractivity contribution >= 4 is 33.0 Å². The summed E-state index contributed by atoms with van der Waals surface area (Å²) in [4.78, 5) is 10.9. The van der Waals surface area contributed by atoms with Gasteiger partial charge in [0.1, 0.15) is 5.69 Å². The smallest absolute Gasteiger partial charge is 0.293 e. The largest absolute Gasteiger partial charge is 0.375 e. The summed E-state index contributed by atoms with van der Waals surface area (Å²) in [6.07, 6.45) is 2.61. The quantitative estimate of drug-likeness (QED) is 0.574. The van der Waals surface area contributed by atoms with Crippen molar-refractivity contribution < 1.29 is 13.3 Å². The molecule has 0 amide bonds. The van der Waals surface area contributed by atoms with Crippen LogP contribution >= 0.6 is 11.6 Å². The van der Waals surface area contributed by atoms with Gasteiger partial charge in [-0.05, 0) is 42.7 Å². The van der Waals surface area contributed by atoms with Crippen molar-refractivity contribution in [3.05, 3.63) is 63.2 Å². The van der Waals surface area contributed by atoms with Crippen molar-refractivity contribution in [2.24, 2.45) is 0 Å². The molecule has 0 atom stereocenters. The molecule has 144 valence electrons. The van der Waals surface area contributed by atoms with Crippen molar-refractivity contribution in [2.45, 2.75) is 30.7 Å². The van der Waals surface area contributed by atoms with E-state index in [-0.39, 0.29) is 16.3 Å². The molecule has 0 aliphatic carbocycles. The van der Waals surface area contributed by atoms with Gasteiger partial charge in [0.2, 0.25) is 10.0 Å². The lowest BCUT2D eigenvalue weighted by atomic mass is 10.2. The molecular formula is C18H20ClN3O4S. The van der Waals surface area contributed by atoms with Crippen LogP contribution in [0.15, 0.2) is 47.4 Å². The van der Waals surface area contributed by atoms with E-state index in [0.717, 1.165) is 30.9 Å². The van der Waals surface area contributed by atoms with Gasteiger partial charge in [0.05, 0.1) is 9.82 Å². The molecule has 1 saturated heterocycles. The number of anilines is 1. The van der Waals surface area contributed by atoms with Gasteiger partial charge in [0.25, 0.3) is 5.69 Å². The van der Waals surface area contributed by atoms with Crippen LogP contribution in [0.25, 0.3) is 0 Å². The maximum absolute atomic E-state index is 12.8. The fraction of sp³-hybridized carbons (Fsp3) is 0.333. The van der Waals surface area contributed by atoms with Gasteiger partial charge < -0.3 is 5.32 Å². The third-order valence-electron chi connectivity index (χ3n) is 4.51. The Bertz CT molecular complexity index is 926. The number of piperidine rings is 1. The first kappa shape index (κ1) is 19.6. The molecule has 2 aromatic carbocycles. The topological polar surface area (TPSA) is 92.5 Å². The Morgan fingerprint density at radius 2 is 1.74 bits per heavy atom. The molecule has 3 rings (SSSR count). The fourth-order valence-electron chi connectivity index (χ4n) is 3.03. The van der Waals surface area contributed by atoms with Gasteiger partial charge in [0, 0.05) is 30.7 Å². The van der Waals surface area contributed by atoms with E-state index in [2.05, 4.69) is 5.32 Å². The van der Waals surface area contributed by atoms with Gasteiger partial charge >= 0.3 is 0 Å². The van der Waals surface area contributed by atoms with Crippen LogP contribution in [0.1, 0.15) is 24.8 Å². The lowest BCUT2D eigenvalue weighted by molar-refractivity contribution is -0.384.